The Morgan fingerprint density at radius 3 is 1.44 bits per heavy atom. The van der Waals surface area contributed by atoms with Crippen LogP contribution >= 0.6 is 25.3 Å². The topological polar surface area (TPSA) is 36.9 Å². The monoisotopic (exact) mass is 332 g/mol. The molecule has 0 fully saturated rings. The van der Waals surface area contributed by atoms with Crippen LogP contribution < -0.4 is 0 Å². The van der Waals surface area contributed by atoms with Crippen LogP contribution in [0.4, 0.5) is 0 Å². The molecule has 18 heavy (non-hydrogen) atoms. The summed E-state index contributed by atoms with van der Waals surface area (Å²) >= 11 is 8.17. The van der Waals surface area contributed by atoms with E-state index in [0.29, 0.717) is 5.38 Å². The van der Waals surface area contributed by atoms with Crippen LogP contribution in [0.2, 0.25) is 19.1 Å². The second-order valence-electron chi connectivity index (χ2n) is 4.24. The lowest BCUT2D eigenvalue weighted by molar-refractivity contribution is 0.131. The Bertz CT molecular complexity index is 175. The third-order valence-electron chi connectivity index (χ3n) is 2.62. The molecule has 0 aliphatic rings. The number of rotatable bonds is 8. The van der Waals surface area contributed by atoms with Gasteiger partial charge in [0.1, 0.15) is 0 Å². The van der Waals surface area contributed by atoms with Gasteiger partial charge in [-0.1, -0.05) is 0 Å². The highest BCUT2D eigenvalue weighted by atomic mass is 32.1. The molecule has 0 saturated carbocycles. The van der Waals surface area contributed by atoms with Crippen LogP contribution in [0.25, 0.3) is 0 Å². The largest absolute Gasteiger partial charge is 0.510 e. The van der Waals surface area contributed by atoms with E-state index in [1.165, 1.54) is 12.5 Å². The van der Waals surface area contributed by atoms with E-state index in [-0.39, 0.29) is 0 Å². The zero-order valence-electron chi connectivity index (χ0n) is 12.4. The number of hydrogen-bond acceptors (Lipinski definition) is 6. The zero-order chi connectivity index (χ0) is 14.7. The van der Waals surface area contributed by atoms with Crippen molar-refractivity contribution in [3.63, 3.8) is 0 Å². The molecule has 0 aromatic heterocycles. The van der Waals surface area contributed by atoms with Crippen LogP contribution in [0.1, 0.15) is 6.42 Å². The van der Waals surface area contributed by atoms with Crippen LogP contribution in [-0.4, -0.2) is 56.7 Å². The molecule has 8 heteroatoms. The van der Waals surface area contributed by atoms with Crippen LogP contribution in [-0.2, 0) is 17.7 Å². The quantitative estimate of drug-likeness (QED) is 0.529. The predicted molar refractivity (Wildman–Crippen MR) is 88.4 cm³/mol. The molecule has 0 spiro atoms. The van der Waals surface area contributed by atoms with Crippen LogP contribution in [0.3, 0.4) is 0 Å². The molecule has 0 aromatic rings. The lowest BCUT2D eigenvalue weighted by Gasteiger charge is -2.21. The molecule has 112 valence electrons. The molecule has 0 atom stereocenters. The molecule has 0 unspecified atom stereocenters. The highest BCUT2D eigenvalue weighted by Crippen LogP contribution is 2.12. The molecule has 0 aliphatic carbocycles. The van der Waals surface area contributed by atoms with E-state index in [1.807, 2.05) is 7.11 Å². The van der Waals surface area contributed by atoms with Gasteiger partial charge in [-0.2, -0.15) is 25.3 Å². The highest BCUT2D eigenvalue weighted by molar-refractivity contribution is 7.82. The SMILES string of the molecule is CO[Si](C)(C)CCCS.CO[Si](CS)(OC)OC. The van der Waals surface area contributed by atoms with Gasteiger partial charge in [-0.15, -0.1) is 0 Å². The molecule has 0 radical (unpaired) electrons. The van der Waals surface area contributed by atoms with Crippen molar-refractivity contribution in [2.24, 2.45) is 0 Å². The summed E-state index contributed by atoms with van der Waals surface area (Å²) in [7, 11) is 2.93. The van der Waals surface area contributed by atoms with Gasteiger partial charge in [0.2, 0.25) is 0 Å². The van der Waals surface area contributed by atoms with Gasteiger partial charge < -0.3 is 17.7 Å². The van der Waals surface area contributed by atoms with Crippen LogP contribution in [0, 0.1) is 0 Å². The first kappa shape index (κ1) is 21.3. The zero-order valence-corrected chi connectivity index (χ0v) is 16.1. The Morgan fingerprint density at radius 2 is 1.28 bits per heavy atom. The summed E-state index contributed by atoms with van der Waals surface area (Å²) < 4.78 is 20.4. The van der Waals surface area contributed by atoms with Crippen LogP contribution in [0.15, 0.2) is 0 Å². The molecular formula is C10H28O4S2Si2. The van der Waals surface area contributed by atoms with Crippen molar-refractivity contribution in [2.45, 2.75) is 25.6 Å². The van der Waals surface area contributed by atoms with Crippen molar-refractivity contribution in [3.05, 3.63) is 0 Å². The van der Waals surface area contributed by atoms with Crippen molar-refractivity contribution in [1.29, 1.82) is 0 Å². The summed E-state index contributed by atoms with van der Waals surface area (Å²) in [5.74, 6) is 0.986. The number of hydrogen-bond donors (Lipinski definition) is 2. The highest BCUT2D eigenvalue weighted by Gasteiger charge is 2.35. The fourth-order valence-electron chi connectivity index (χ4n) is 1.05. The molecule has 0 aromatic carbocycles. The molecule has 0 N–H and O–H groups in total. The summed E-state index contributed by atoms with van der Waals surface area (Å²) in [6.45, 7) is 4.47. The lowest BCUT2D eigenvalue weighted by atomic mass is 10.6. The summed E-state index contributed by atoms with van der Waals surface area (Å²) in [5, 5.41) is 0.510. The van der Waals surface area contributed by atoms with Crippen molar-refractivity contribution >= 4 is 42.4 Å². The van der Waals surface area contributed by atoms with Gasteiger partial charge in [0, 0.05) is 28.4 Å². The molecule has 4 nitrogen and oxygen atoms in total. The van der Waals surface area contributed by atoms with Gasteiger partial charge in [-0.3, -0.25) is 0 Å². The van der Waals surface area contributed by atoms with E-state index in [2.05, 4.69) is 38.4 Å². The average Bonchev–Trinajstić information content (AvgIpc) is 2.41. The Kier molecular flexibility index (Phi) is 13.9. The smallest absolute Gasteiger partial charge is 0.420 e. The Hall–Kier alpha value is 0.974. The molecule has 0 rings (SSSR count). The van der Waals surface area contributed by atoms with Crippen molar-refractivity contribution in [1.82, 2.24) is 0 Å². The fraction of sp³-hybridized carbons (Fsp3) is 1.00. The normalized spacial score (nSPS) is 12.0. The first-order valence-corrected chi connectivity index (χ1v) is 12.1. The first-order chi connectivity index (χ1) is 8.36. The molecule has 0 aliphatic heterocycles. The van der Waals surface area contributed by atoms with Crippen LogP contribution in [0.5, 0.6) is 0 Å². The fourth-order valence-corrected chi connectivity index (χ4v) is 4.79. The second-order valence-corrected chi connectivity index (χ2v) is 13.0. The van der Waals surface area contributed by atoms with E-state index in [4.69, 9.17) is 17.7 Å². The minimum Gasteiger partial charge on any atom is -0.420 e. The molecule has 0 amide bonds. The maximum atomic E-state index is 5.34. The number of thiol groups is 2. The third kappa shape index (κ3) is 9.85. The predicted octanol–water partition coefficient (Wildman–Crippen LogP) is 2.49. The minimum absolute atomic E-state index is 0.510. The maximum absolute atomic E-state index is 5.34. The van der Waals surface area contributed by atoms with E-state index in [1.54, 1.807) is 21.3 Å². The standard InChI is InChI=1S/C6H16OSSi.C4H12O3SSi/c1-7-9(2,3)6-4-5-8;1-5-9(4-8,6-2)7-3/h8H,4-6H2,1-3H3;8H,4H2,1-3H3. The van der Waals surface area contributed by atoms with E-state index in [0.717, 1.165) is 5.75 Å². The van der Waals surface area contributed by atoms with Gasteiger partial charge in [-0.25, -0.2) is 0 Å². The van der Waals surface area contributed by atoms with E-state index in [9.17, 15) is 0 Å². The van der Waals surface area contributed by atoms with Crippen molar-refractivity contribution in [3.8, 4) is 0 Å². The molecular weight excluding hydrogens is 304 g/mol. The van der Waals surface area contributed by atoms with Gasteiger partial charge in [0.05, 0.1) is 5.38 Å². The van der Waals surface area contributed by atoms with E-state index >= 15 is 0 Å². The van der Waals surface area contributed by atoms with E-state index < -0.39 is 17.1 Å². The van der Waals surface area contributed by atoms with Gasteiger partial charge in [-0.05, 0) is 31.3 Å². The first-order valence-electron chi connectivity index (χ1n) is 5.79. The lowest BCUT2D eigenvalue weighted by Crippen LogP contribution is -2.45. The molecule has 0 bridgehead atoms. The third-order valence-corrected chi connectivity index (χ3v) is 9.01. The maximum Gasteiger partial charge on any atom is 0.510 e. The summed E-state index contributed by atoms with van der Waals surface area (Å²) in [6.07, 6.45) is 1.19. The summed E-state index contributed by atoms with van der Waals surface area (Å²) in [4.78, 5) is 0. The summed E-state index contributed by atoms with van der Waals surface area (Å²) in [6, 6.07) is 1.23. The van der Waals surface area contributed by atoms with Gasteiger partial charge >= 0.3 is 8.80 Å². The minimum atomic E-state index is -2.33. The Labute approximate surface area is 125 Å². The Balaban J connectivity index is 0. The average molecular weight is 333 g/mol. The summed E-state index contributed by atoms with van der Waals surface area (Å²) in [5.41, 5.74) is 0. The second kappa shape index (κ2) is 11.8. The van der Waals surface area contributed by atoms with Gasteiger partial charge in [0.25, 0.3) is 0 Å². The Morgan fingerprint density at radius 1 is 0.833 bits per heavy atom. The van der Waals surface area contributed by atoms with Gasteiger partial charge in [0.15, 0.2) is 8.32 Å². The van der Waals surface area contributed by atoms with Crippen molar-refractivity contribution in [2.75, 3.05) is 39.6 Å². The molecule has 0 saturated heterocycles. The van der Waals surface area contributed by atoms with Crippen molar-refractivity contribution < 1.29 is 17.7 Å². The molecule has 0 heterocycles.